The number of pyridine rings is 1. The largest absolute Gasteiger partial charge is 0.489 e. The van der Waals surface area contributed by atoms with Crippen LogP contribution in [0.1, 0.15) is 28.1 Å². The van der Waals surface area contributed by atoms with Crippen LogP contribution < -0.4 is 15.0 Å². The molecule has 0 unspecified atom stereocenters. The average Bonchev–Trinajstić information content (AvgIpc) is 3.15. The van der Waals surface area contributed by atoms with Gasteiger partial charge in [0.15, 0.2) is 0 Å². The molecular weight excluding hydrogens is 408 g/mol. The first-order valence-corrected chi connectivity index (χ1v) is 10.8. The van der Waals surface area contributed by atoms with E-state index in [2.05, 4.69) is 20.4 Å². The van der Waals surface area contributed by atoms with E-state index < -0.39 is 0 Å². The normalized spacial score (nSPS) is 13.8. The first kappa shape index (κ1) is 21.8. The summed E-state index contributed by atoms with van der Waals surface area (Å²) in [6.45, 7) is 7.73. The van der Waals surface area contributed by atoms with Crippen LogP contribution in [0.2, 0.25) is 0 Å². The summed E-state index contributed by atoms with van der Waals surface area (Å²) in [7, 11) is 0. The van der Waals surface area contributed by atoms with Gasteiger partial charge in [-0.25, -0.2) is 4.98 Å². The van der Waals surface area contributed by atoms with Gasteiger partial charge in [-0.2, -0.15) is 0 Å². The topological polar surface area (TPSA) is 89.7 Å². The number of aryl methyl sites for hydroxylation is 2. The van der Waals surface area contributed by atoms with E-state index in [0.717, 1.165) is 52.8 Å². The minimum absolute atomic E-state index is 0.0286. The van der Waals surface area contributed by atoms with E-state index in [1.54, 1.807) is 6.20 Å². The Balaban J connectivity index is 1.25. The number of aromatic nitrogens is 2. The van der Waals surface area contributed by atoms with Crippen LogP contribution in [0.5, 0.6) is 5.75 Å². The molecule has 0 radical (unpaired) electrons. The molecule has 0 saturated carbocycles. The zero-order chi connectivity index (χ0) is 22.3. The van der Waals surface area contributed by atoms with E-state index in [4.69, 9.17) is 14.0 Å². The lowest BCUT2D eigenvalue weighted by atomic mass is 10.1. The van der Waals surface area contributed by atoms with Gasteiger partial charge >= 0.3 is 0 Å². The van der Waals surface area contributed by atoms with Gasteiger partial charge in [-0.15, -0.1) is 0 Å². The fraction of sp³-hybridized carbons (Fsp3) is 0.375. The van der Waals surface area contributed by atoms with E-state index in [-0.39, 0.29) is 5.91 Å². The highest BCUT2D eigenvalue weighted by Crippen LogP contribution is 2.18. The molecule has 1 aliphatic heterocycles. The number of hydrogen-bond acceptors (Lipinski definition) is 7. The van der Waals surface area contributed by atoms with Crippen LogP contribution in [0.25, 0.3) is 0 Å². The highest BCUT2D eigenvalue weighted by Gasteiger charge is 2.13. The quantitative estimate of drug-likeness (QED) is 0.581. The van der Waals surface area contributed by atoms with Crippen LogP contribution in [0.4, 0.5) is 5.82 Å². The number of benzene rings is 1. The molecule has 4 rings (SSSR count). The molecule has 3 aromatic rings. The average molecular weight is 437 g/mol. The zero-order valence-corrected chi connectivity index (χ0v) is 18.5. The minimum Gasteiger partial charge on any atom is -0.489 e. The fourth-order valence-corrected chi connectivity index (χ4v) is 3.55. The Bertz CT molecular complexity index is 1020. The number of nitrogens with one attached hydrogen (secondary N) is 1. The Labute approximate surface area is 187 Å². The third-order valence-electron chi connectivity index (χ3n) is 5.49. The molecule has 0 atom stereocenters. The van der Waals surface area contributed by atoms with Gasteiger partial charge in [0.25, 0.3) is 0 Å². The van der Waals surface area contributed by atoms with Crippen LogP contribution in [0.3, 0.4) is 0 Å². The highest BCUT2D eigenvalue weighted by molar-refractivity contribution is 5.78. The van der Waals surface area contributed by atoms with Crippen LogP contribution in [-0.2, 0) is 29.1 Å². The first-order valence-electron chi connectivity index (χ1n) is 10.8. The van der Waals surface area contributed by atoms with E-state index in [1.807, 2.05) is 50.2 Å². The first-order chi connectivity index (χ1) is 15.6. The van der Waals surface area contributed by atoms with Crippen molar-refractivity contribution in [2.24, 2.45) is 0 Å². The Kier molecular flexibility index (Phi) is 7.01. The lowest BCUT2D eigenvalue weighted by Gasteiger charge is -2.28. The van der Waals surface area contributed by atoms with Crippen molar-refractivity contribution in [2.75, 3.05) is 31.2 Å². The monoisotopic (exact) mass is 436 g/mol. The predicted octanol–water partition coefficient (Wildman–Crippen LogP) is 2.96. The second kappa shape index (κ2) is 10.3. The SMILES string of the molecule is Cc1noc(C)c1COc1ccc(CC(=O)NCc2ccnc(N3CCOCC3)c2)cc1. The summed E-state index contributed by atoms with van der Waals surface area (Å²) >= 11 is 0. The number of morpholine rings is 1. The molecule has 1 fully saturated rings. The third-order valence-corrected chi connectivity index (χ3v) is 5.49. The lowest BCUT2D eigenvalue weighted by molar-refractivity contribution is -0.120. The maximum absolute atomic E-state index is 12.4. The van der Waals surface area contributed by atoms with E-state index in [9.17, 15) is 4.79 Å². The van der Waals surface area contributed by atoms with Crippen molar-refractivity contribution in [3.05, 3.63) is 70.7 Å². The molecule has 1 aliphatic rings. The summed E-state index contributed by atoms with van der Waals surface area (Å²) in [5.41, 5.74) is 3.75. The van der Waals surface area contributed by atoms with Gasteiger partial charge < -0.3 is 24.2 Å². The molecule has 3 heterocycles. The summed E-state index contributed by atoms with van der Waals surface area (Å²) in [4.78, 5) is 19.1. The van der Waals surface area contributed by atoms with E-state index >= 15 is 0 Å². The number of ether oxygens (including phenoxy) is 2. The van der Waals surface area contributed by atoms with Crippen LogP contribution in [0.15, 0.2) is 47.1 Å². The summed E-state index contributed by atoms with van der Waals surface area (Å²) in [6, 6.07) is 11.5. The predicted molar refractivity (Wildman–Crippen MR) is 120 cm³/mol. The molecule has 8 heteroatoms. The number of carbonyl (C=O) groups is 1. The van der Waals surface area contributed by atoms with Gasteiger partial charge in [0.1, 0.15) is 23.9 Å². The zero-order valence-electron chi connectivity index (χ0n) is 18.5. The Morgan fingerprint density at radius 2 is 1.91 bits per heavy atom. The van der Waals surface area contributed by atoms with E-state index in [1.165, 1.54) is 0 Å². The van der Waals surface area contributed by atoms with Crippen LogP contribution in [-0.4, -0.2) is 42.4 Å². The number of hydrogen-bond donors (Lipinski definition) is 1. The lowest BCUT2D eigenvalue weighted by Crippen LogP contribution is -2.36. The standard InChI is InChI=1S/C24H28N4O4/c1-17-22(18(2)32-27-17)16-31-21-5-3-19(4-6-21)14-24(29)26-15-20-7-8-25-23(13-20)28-9-11-30-12-10-28/h3-8,13H,9-12,14-16H2,1-2H3,(H,26,29). The molecule has 2 aromatic heterocycles. The molecular formula is C24H28N4O4. The van der Waals surface area contributed by atoms with Crippen molar-refractivity contribution in [3.63, 3.8) is 0 Å². The summed E-state index contributed by atoms with van der Waals surface area (Å²) in [6.07, 6.45) is 2.10. The maximum atomic E-state index is 12.4. The van der Waals surface area contributed by atoms with Crippen molar-refractivity contribution < 1.29 is 18.8 Å². The van der Waals surface area contributed by atoms with Gasteiger partial charge in [-0.05, 0) is 49.2 Å². The Hall–Kier alpha value is -3.39. The van der Waals surface area contributed by atoms with Crippen molar-refractivity contribution in [1.29, 1.82) is 0 Å². The van der Waals surface area contributed by atoms with Crippen LogP contribution >= 0.6 is 0 Å². The molecule has 8 nitrogen and oxygen atoms in total. The summed E-state index contributed by atoms with van der Waals surface area (Å²) in [5, 5.41) is 6.92. The van der Waals surface area contributed by atoms with Crippen molar-refractivity contribution in [3.8, 4) is 5.75 Å². The second-order valence-corrected chi connectivity index (χ2v) is 7.81. The van der Waals surface area contributed by atoms with Gasteiger partial charge in [0.2, 0.25) is 5.91 Å². The number of amides is 1. The Morgan fingerprint density at radius 1 is 1.12 bits per heavy atom. The van der Waals surface area contributed by atoms with Crippen LogP contribution in [0, 0.1) is 13.8 Å². The van der Waals surface area contributed by atoms with Crippen molar-refractivity contribution in [1.82, 2.24) is 15.5 Å². The molecule has 1 N–H and O–H groups in total. The molecule has 0 bridgehead atoms. The molecule has 1 amide bonds. The minimum atomic E-state index is -0.0286. The molecule has 0 spiro atoms. The Morgan fingerprint density at radius 3 is 2.62 bits per heavy atom. The molecule has 1 saturated heterocycles. The fourth-order valence-electron chi connectivity index (χ4n) is 3.55. The van der Waals surface area contributed by atoms with Gasteiger partial charge in [0, 0.05) is 25.8 Å². The number of rotatable bonds is 8. The number of anilines is 1. The number of nitrogens with zero attached hydrogens (tertiary/aromatic N) is 3. The molecule has 1 aromatic carbocycles. The number of carbonyl (C=O) groups excluding carboxylic acids is 1. The molecule has 0 aliphatic carbocycles. The smallest absolute Gasteiger partial charge is 0.224 e. The van der Waals surface area contributed by atoms with E-state index in [0.29, 0.717) is 32.8 Å². The van der Waals surface area contributed by atoms with Gasteiger partial charge in [0.05, 0.1) is 30.9 Å². The molecule has 32 heavy (non-hydrogen) atoms. The van der Waals surface area contributed by atoms with Gasteiger partial charge in [-0.3, -0.25) is 4.79 Å². The summed E-state index contributed by atoms with van der Waals surface area (Å²) < 4.78 is 16.4. The maximum Gasteiger partial charge on any atom is 0.224 e. The van der Waals surface area contributed by atoms with Gasteiger partial charge in [-0.1, -0.05) is 17.3 Å². The van der Waals surface area contributed by atoms with Crippen molar-refractivity contribution in [2.45, 2.75) is 33.4 Å². The highest BCUT2D eigenvalue weighted by atomic mass is 16.5. The summed E-state index contributed by atoms with van der Waals surface area (Å²) in [5.74, 6) is 2.40. The third kappa shape index (κ3) is 5.64. The second-order valence-electron chi connectivity index (χ2n) is 7.81. The molecule has 168 valence electrons. The van der Waals surface area contributed by atoms with Crippen molar-refractivity contribution >= 4 is 11.7 Å².